The van der Waals surface area contributed by atoms with Gasteiger partial charge in [0.15, 0.2) is 0 Å². The molecule has 0 aromatic carbocycles. The van der Waals surface area contributed by atoms with E-state index in [0.717, 1.165) is 17.3 Å². The highest BCUT2D eigenvalue weighted by molar-refractivity contribution is 5.82. The minimum Gasteiger partial charge on any atom is -0.444 e. The lowest BCUT2D eigenvalue weighted by atomic mass is 9.88. The average Bonchev–Trinajstić information content (AvgIpc) is 2.67. The van der Waals surface area contributed by atoms with Gasteiger partial charge in [-0.3, -0.25) is 4.99 Å². The summed E-state index contributed by atoms with van der Waals surface area (Å²) in [5.41, 5.74) is 6.96. The van der Waals surface area contributed by atoms with Gasteiger partial charge in [0.1, 0.15) is 12.3 Å². The van der Waals surface area contributed by atoms with E-state index in [-0.39, 0.29) is 0 Å². The predicted molar refractivity (Wildman–Crippen MR) is 67.9 cm³/mol. The molecule has 1 aliphatic carbocycles. The maximum atomic E-state index is 6.02. The first kappa shape index (κ1) is 12.1. The number of oxazole rings is 1. The fourth-order valence-electron chi connectivity index (χ4n) is 2.29. The molecule has 4 heteroatoms. The van der Waals surface area contributed by atoms with Crippen LogP contribution in [0.2, 0.25) is 0 Å². The number of nitrogens with zero attached hydrogens (tertiary/aromatic N) is 2. The monoisotopic (exact) mass is 235 g/mol. The van der Waals surface area contributed by atoms with Crippen molar-refractivity contribution in [1.29, 1.82) is 0 Å². The van der Waals surface area contributed by atoms with Crippen LogP contribution < -0.4 is 5.73 Å². The third-order valence-corrected chi connectivity index (χ3v) is 3.49. The van der Waals surface area contributed by atoms with Gasteiger partial charge in [-0.05, 0) is 26.7 Å². The topological polar surface area (TPSA) is 64.4 Å². The zero-order valence-electron chi connectivity index (χ0n) is 10.7. The van der Waals surface area contributed by atoms with E-state index < -0.39 is 0 Å². The molecule has 0 unspecified atom stereocenters. The zero-order valence-corrected chi connectivity index (χ0v) is 10.7. The molecule has 94 valence electrons. The van der Waals surface area contributed by atoms with Gasteiger partial charge in [0.2, 0.25) is 5.89 Å². The Labute approximate surface area is 102 Å². The fourth-order valence-corrected chi connectivity index (χ4v) is 2.29. The summed E-state index contributed by atoms with van der Waals surface area (Å²) in [4.78, 5) is 8.71. The van der Waals surface area contributed by atoms with E-state index in [4.69, 9.17) is 10.2 Å². The van der Waals surface area contributed by atoms with Crippen LogP contribution >= 0.6 is 0 Å². The second-order valence-electron chi connectivity index (χ2n) is 4.83. The molecule has 1 aromatic heterocycles. The van der Waals surface area contributed by atoms with Gasteiger partial charge in [0, 0.05) is 5.92 Å². The van der Waals surface area contributed by atoms with Crippen molar-refractivity contribution >= 4 is 5.84 Å². The molecule has 17 heavy (non-hydrogen) atoms. The first-order valence-corrected chi connectivity index (χ1v) is 6.39. The van der Waals surface area contributed by atoms with Crippen molar-refractivity contribution in [3.05, 3.63) is 17.3 Å². The SMILES string of the molecule is Cc1nc(CN=C(N)C2CCCCC2)oc1C. The zero-order chi connectivity index (χ0) is 12.3. The molecule has 0 spiro atoms. The smallest absolute Gasteiger partial charge is 0.216 e. The number of aliphatic imine (C=N–C) groups is 1. The van der Waals surface area contributed by atoms with Gasteiger partial charge in [-0.2, -0.15) is 0 Å². The molecule has 1 aliphatic rings. The Kier molecular flexibility index (Phi) is 3.82. The molecule has 0 radical (unpaired) electrons. The van der Waals surface area contributed by atoms with Gasteiger partial charge >= 0.3 is 0 Å². The normalized spacial score (nSPS) is 18.6. The fraction of sp³-hybridized carbons (Fsp3) is 0.692. The van der Waals surface area contributed by atoms with Crippen LogP contribution in [0, 0.1) is 19.8 Å². The van der Waals surface area contributed by atoms with Gasteiger partial charge < -0.3 is 10.2 Å². The Bertz CT molecular complexity index is 383. The van der Waals surface area contributed by atoms with Crippen LogP contribution in [0.4, 0.5) is 0 Å². The molecule has 1 heterocycles. The minimum atomic E-state index is 0.469. The van der Waals surface area contributed by atoms with Crippen molar-refractivity contribution in [2.75, 3.05) is 0 Å². The van der Waals surface area contributed by atoms with Crippen LogP contribution in [0.15, 0.2) is 9.41 Å². The molecule has 0 bridgehead atoms. The van der Waals surface area contributed by atoms with Crippen LogP contribution in [-0.4, -0.2) is 10.8 Å². The lowest BCUT2D eigenvalue weighted by molar-refractivity contribution is 0.434. The lowest BCUT2D eigenvalue weighted by Gasteiger charge is -2.20. The largest absolute Gasteiger partial charge is 0.444 e. The summed E-state index contributed by atoms with van der Waals surface area (Å²) in [5, 5.41) is 0. The summed E-state index contributed by atoms with van der Waals surface area (Å²) < 4.78 is 5.48. The van der Waals surface area contributed by atoms with E-state index in [2.05, 4.69) is 9.98 Å². The van der Waals surface area contributed by atoms with E-state index in [0.29, 0.717) is 18.4 Å². The minimum absolute atomic E-state index is 0.469. The van der Waals surface area contributed by atoms with Crippen molar-refractivity contribution in [3.8, 4) is 0 Å². The summed E-state index contributed by atoms with van der Waals surface area (Å²) in [7, 11) is 0. The molecule has 2 N–H and O–H groups in total. The maximum Gasteiger partial charge on any atom is 0.216 e. The van der Waals surface area contributed by atoms with E-state index in [1.165, 1.54) is 32.1 Å². The van der Waals surface area contributed by atoms with E-state index in [1.54, 1.807) is 0 Å². The molecule has 2 rings (SSSR count). The van der Waals surface area contributed by atoms with Crippen LogP contribution in [0.1, 0.15) is 49.4 Å². The van der Waals surface area contributed by atoms with Crippen molar-refractivity contribution in [2.24, 2.45) is 16.6 Å². The lowest BCUT2D eigenvalue weighted by Crippen LogP contribution is -2.25. The summed E-state index contributed by atoms with van der Waals surface area (Å²) in [6.07, 6.45) is 6.25. The summed E-state index contributed by atoms with van der Waals surface area (Å²) in [6, 6.07) is 0. The van der Waals surface area contributed by atoms with Gasteiger partial charge in [-0.25, -0.2) is 4.98 Å². The van der Waals surface area contributed by atoms with Crippen LogP contribution in [0.5, 0.6) is 0 Å². The highest BCUT2D eigenvalue weighted by Gasteiger charge is 2.16. The van der Waals surface area contributed by atoms with Crippen molar-refractivity contribution in [2.45, 2.75) is 52.5 Å². The standard InChI is InChI=1S/C13H21N3O/c1-9-10(2)17-12(16-9)8-15-13(14)11-6-4-3-5-7-11/h11H,3-8H2,1-2H3,(H2,14,15). The van der Waals surface area contributed by atoms with Gasteiger partial charge in [0.25, 0.3) is 0 Å². The third-order valence-electron chi connectivity index (χ3n) is 3.49. The number of hydrogen-bond acceptors (Lipinski definition) is 3. The predicted octanol–water partition coefficient (Wildman–Crippen LogP) is 2.73. The second-order valence-corrected chi connectivity index (χ2v) is 4.83. The van der Waals surface area contributed by atoms with Crippen molar-refractivity contribution in [3.63, 3.8) is 0 Å². The van der Waals surface area contributed by atoms with Crippen molar-refractivity contribution < 1.29 is 4.42 Å². The first-order chi connectivity index (χ1) is 8.16. The Hall–Kier alpha value is -1.32. The van der Waals surface area contributed by atoms with E-state index in [9.17, 15) is 0 Å². The molecule has 0 aliphatic heterocycles. The highest BCUT2D eigenvalue weighted by Crippen LogP contribution is 2.23. The van der Waals surface area contributed by atoms with Gasteiger partial charge in [0.05, 0.1) is 11.5 Å². The van der Waals surface area contributed by atoms with Gasteiger partial charge in [-0.1, -0.05) is 19.3 Å². The van der Waals surface area contributed by atoms with Crippen LogP contribution in [-0.2, 0) is 6.54 Å². The van der Waals surface area contributed by atoms with Crippen molar-refractivity contribution in [1.82, 2.24) is 4.98 Å². The number of aromatic nitrogens is 1. The molecule has 0 saturated heterocycles. The molecular formula is C13H21N3O. The molecule has 1 aromatic rings. The number of hydrogen-bond donors (Lipinski definition) is 1. The number of nitrogens with two attached hydrogens (primary N) is 1. The second kappa shape index (κ2) is 5.34. The third kappa shape index (κ3) is 3.08. The number of aryl methyl sites for hydroxylation is 2. The molecule has 0 atom stereocenters. The molecule has 1 saturated carbocycles. The highest BCUT2D eigenvalue weighted by atomic mass is 16.4. The quantitative estimate of drug-likeness (QED) is 0.647. The van der Waals surface area contributed by atoms with Gasteiger partial charge in [-0.15, -0.1) is 0 Å². The maximum absolute atomic E-state index is 6.02. The Balaban J connectivity index is 1.94. The number of rotatable bonds is 3. The Morgan fingerprint density at radius 1 is 1.35 bits per heavy atom. The Morgan fingerprint density at radius 2 is 2.06 bits per heavy atom. The van der Waals surface area contributed by atoms with E-state index in [1.807, 2.05) is 13.8 Å². The number of amidine groups is 1. The summed E-state index contributed by atoms with van der Waals surface area (Å²) in [6.45, 7) is 4.33. The summed E-state index contributed by atoms with van der Waals surface area (Å²) >= 11 is 0. The molecule has 1 fully saturated rings. The van der Waals surface area contributed by atoms with Crippen LogP contribution in [0.3, 0.4) is 0 Å². The van der Waals surface area contributed by atoms with Crippen LogP contribution in [0.25, 0.3) is 0 Å². The average molecular weight is 235 g/mol. The molecular weight excluding hydrogens is 214 g/mol. The van der Waals surface area contributed by atoms with E-state index >= 15 is 0 Å². The summed E-state index contributed by atoms with van der Waals surface area (Å²) in [5.74, 6) is 2.78. The molecule has 4 nitrogen and oxygen atoms in total. The first-order valence-electron chi connectivity index (χ1n) is 6.39. The molecule has 0 amide bonds. The Morgan fingerprint density at radius 3 is 2.65 bits per heavy atom.